The number of hydrogen-bond acceptors (Lipinski definition) is 6. The molecule has 0 aliphatic carbocycles. The molecule has 0 aliphatic heterocycles. The molecule has 2 aromatic rings. The summed E-state index contributed by atoms with van der Waals surface area (Å²) in [5.41, 5.74) is 1.42. The van der Waals surface area contributed by atoms with Crippen LogP contribution in [0.3, 0.4) is 0 Å². The van der Waals surface area contributed by atoms with Gasteiger partial charge < -0.3 is 9.94 Å². The Morgan fingerprint density at radius 3 is 2.71 bits per heavy atom. The highest BCUT2D eigenvalue weighted by Crippen LogP contribution is 2.09. The topological polar surface area (TPSA) is 80.5 Å². The minimum atomic E-state index is 0.313. The van der Waals surface area contributed by atoms with E-state index in [1.165, 1.54) is 7.11 Å². The lowest BCUT2D eigenvalue weighted by Gasteiger charge is -2.03. The molecule has 17 heavy (non-hydrogen) atoms. The van der Waals surface area contributed by atoms with E-state index in [9.17, 15) is 0 Å². The average Bonchev–Trinajstić information content (AvgIpc) is 2.42. The Balaban J connectivity index is 2.37. The second-order valence-corrected chi connectivity index (χ2v) is 3.15. The van der Waals surface area contributed by atoms with Gasteiger partial charge in [0.25, 0.3) is 0 Å². The van der Waals surface area contributed by atoms with Gasteiger partial charge in [-0.15, -0.1) is 10.2 Å². The van der Waals surface area contributed by atoms with Crippen LogP contribution in [0, 0.1) is 0 Å². The fourth-order valence-electron chi connectivity index (χ4n) is 1.31. The summed E-state index contributed by atoms with van der Waals surface area (Å²) < 4.78 is 4.90. The number of methoxy groups -OCH3 is 1. The van der Waals surface area contributed by atoms with E-state index in [0.717, 1.165) is 0 Å². The van der Waals surface area contributed by atoms with Crippen molar-refractivity contribution in [2.75, 3.05) is 7.11 Å². The third-order valence-corrected chi connectivity index (χ3v) is 2.13. The highest BCUT2D eigenvalue weighted by molar-refractivity contribution is 6.11. The monoisotopic (exact) mass is 230 g/mol. The fourth-order valence-corrected chi connectivity index (χ4v) is 1.31. The van der Waals surface area contributed by atoms with Crippen molar-refractivity contribution < 1.29 is 9.94 Å². The molecule has 0 unspecified atom stereocenters. The molecule has 1 N–H and O–H groups in total. The van der Waals surface area contributed by atoms with Gasteiger partial charge in [0.05, 0.1) is 7.11 Å². The number of oxime groups is 1. The van der Waals surface area contributed by atoms with Crippen LogP contribution in [0.1, 0.15) is 11.3 Å². The first-order chi connectivity index (χ1) is 8.35. The maximum Gasteiger partial charge on any atom is 0.233 e. The molecule has 0 aliphatic rings. The van der Waals surface area contributed by atoms with Crippen LogP contribution in [0.4, 0.5) is 0 Å². The van der Waals surface area contributed by atoms with Crippen molar-refractivity contribution in [3.05, 3.63) is 47.9 Å². The van der Waals surface area contributed by atoms with Crippen LogP contribution in [0.2, 0.25) is 0 Å². The number of aromatic nitrogens is 3. The fraction of sp³-hybridized carbons (Fsp3) is 0.0909. The summed E-state index contributed by atoms with van der Waals surface area (Å²) in [6, 6.07) is 6.82. The van der Waals surface area contributed by atoms with Crippen molar-refractivity contribution in [3.63, 3.8) is 0 Å². The summed E-state index contributed by atoms with van der Waals surface area (Å²) in [5, 5.41) is 19.9. The maximum absolute atomic E-state index is 9.02. The Hall–Kier alpha value is -2.50. The van der Waals surface area contributed by atoms with Gasteiger partial charge in [-0.1, -0.05) is 5.16 Å². The highest BCUT2D eigenvalue weighted by Gasteiger charge is 2.10. The zero-order valence-electron chi connectivity index (χ0n) is 9.11. The van der Waals surface area contributed by atoms with Gasteiger partial charge in [0.2, 0.25) is 5.88 Å². The van der Waals surface area contributed by atoms with Gasteiger partial charge in [-0.25, -0.2) is 0 Å². The molecular weight excluding hydrogens is 220 g/mol. The summed E-state index contributed by atoms with van der Waals surface area (Å²) in [6.07, 6.45) is 3.22. The standard InChI is InChI=1S/C11H10N4O2/c1-17-10-5-4-9(13-14-10)11(15-16)8-3-2-6-12-7-8/h2-7,16H,1H3/b15-11+. The van der Waals surface area contributed by atoms with E-state index in [1.807, 2.05) is 0 Å². The average molecular weight is 230 g/mol. The van der Waals surface area contributed by atoms with Crippen LogP contribution in [0.5, 0.6) is 5.88 Å². The predicted octanol–water partition coefficient (Wildman–Crippen LogP) is 1.11. The number of nitrogens with zero attached hydrogens (tertiary/aromatic N) is 4. The number of pyridine rings is 1. The van der Waals surface area contributed by atoms with Gasteiger partial charge in [0.15, 0.2) is 0 Å². The maximum atomic E-state index is 9.02. The Morgan fingerprint density at radius 2 is 2.18 bits per heavy atom. The molecule has 0 saturated heterocycles. The Kier molecular flexibility index (Phi) is 3.25. The van der Waals surface area contributed by atoms with Crippen molar-refractivity contribution in [2.45, 2.75) is 0 Å². The lowest BCUT2D eigenvalue weighted by molar-refractivity contribution is 0.319. The summed E-state index contributed by atoms with van der Waals surface area (Å²) >= 11 is 0. The van der Waals surface area contributed by atoms with Crippen molar-refractivity contribution in [3.8, 4) is 5.88 Å². The lowest BCUT2D eigenvalue weighted by atomic mass is 10.1. The largest absolute Gasteiger partial charge is 0.480 e. The smallest absolute Gasteiger partial charge is 0.233 e. The second kappa shape index (κ2) is 5.02. The molecule has 6 nitrogen and oxygen atoms in total. The normalized spacial score (nSPS) is 11.2. The Bertz CT molecular complexity index is 511. The van der Waals surface area contributed by atoms with Gasteiger partial charge in [0.1, 0.15) is 11.4 Å². The molecule has 0 atom stereocenters. The Labute approximate surface area is 97.6 Å². The molecule has 2 aromatic heterocycles. The van der Waals surface area contributed by atoms with Gasteiger partial charge >= 0.3 is 0 Å². The molecule has 2 rings (SSSR count). The van der Waals surface area contributed by atoms with Crippen molar-refractivity contribution in [2.24, 2.45) is 5.16 Å². The molecular formula is C11H10N4O2. The van der Waals surface area contributed by atoms with E-state index >= 15 is 0 Å². The molecule has 86 valence electrons. The van der Waals surface area contributed by atoms with E-state index < -0.39 is 0 Å². The Morgan fingerprint density at radius 1 is 1.29 bits per heavy atom. The van der Waals surface area contributed by atoms with E-state index in [2.05, 4.69) is 20.3 Å². The van der Waals surface area contributed by atoms with E-state index in [4.69, 9.17) is 9.94 Å². The number of hydrogen-bond donors (Lipinski definition) is 1. The van der Waals surface area contributed by atoms with Crippen LogP contribution in [-0.2, 0) is 0 Å². The zero-order chi connectivity index (χ0) is 12.1. The van der Waals surface area contributed by atoms with Gasteiger partial charge in [-0.05, 0) is 18.2 Å². The van der Waals surface area contributed by atoms with Crippen molar-refractivity contribution in [1.82, 2.24) is 15.2 Å². The minimum Gasteiger partial charge on any atom is -0.480 e. The first-order valence-corrected chi connectivity index (χ1v) is 4.85. The van der Waals surface area contributed by atoms with Crippen LogP contribution < -0.4 is 4.74 Å². The van der Waals surface area contributed by atoms with Crippen LogP contribution in [-0.4, -0.2) is 33.2 Å². The van der Waals surface area contributed by atoms with Crippen LogP contribution in [0.15, 0.2) is 41.8 Å². The first kappa shape index (κ1) is 11.0. The third kappa shape index (κ3) is 2.36. The molecule has 6 heteroatoms. The van der Waals surface area contributed by atoms with Gasteiger partial charge in [-0.3, -0.25) is 4.98 Å². The predicted molar refractivity (Wildman–Crippen MR) is 60.2 cm³/mol. The molecule has 0 bridgehead atoms. The molecule has 2 heterocycles. The van der Waals surface area contributed by atoms with E-state index in [1.54, 1.807) is 36.7 Å². The van der Waals surface area contributed by atoms with Gasteiger partial charge in [-0.2, -0.15) is 0 Å². The quantitative estimate of drug-likeness (QED) is 0.485. The lowest BCUT2D eigenvalue weighted by Crippen LogP contribution is -2.07. The molecule has 0 amide bonds. The SMILES string of the molecule is COc1ccc(/C(=N/O)c2cccnc2)nn1. The molecule has 0 radical (unpaired) electrons. The van der Waals surface area contributed by atoms with E-state index in [0.29, 0.717) is 22.8 Å². The summed E-state index contributed by atoms with van der Waals surface area (Å²) in [6.45, 7) is 0. The summed E-state index contributed by atoms with van der Waals surface area (Å²) in [7, 11) is 1.51. The van der Waals surface area contributed by atoms with Crippen LogP contribution in [0.25, 0.3) is 0 Å². The molecule has 0 fully saturated rings. The molecule has 0 aromatic carbocycles. The number of rotatable bonds is 3. The van der Waals surface area contributed by atoms with Gasteiger partial charge in [0, 0.05) is 24.0 Å². The second-order valence-electron chi connectivity index (χ2n) is 3.15. The van der Waals surface area contributed by atoms with Crippen LogP contribution >= 0.6 is 0 Å². The molecule has 0 spiro atoms. The number of ether oxygens (including phenoxy) is 1. The van der Waals surface area contributed by atoms with Crippen molar-refractivity contribution >= 4 is 5.71 Å². The minimum absolute atomic E-state index is 0.313. The summed E-state index contributed by atoms with van der Waals surface area (Å²) in [5.74, 6) is 0.400. The highest BCUT2D eigenvalue weighted by atomic mass is 16.5. The third-order valence-electron chi connectivity index (χ3n) is 2.13. The first-order valence-electron chi connectivity index (χ1n) is 4.85. The molecule has 0 saturated carbocycles. The van der Waals surface area contributed by atoms with Crippen molar-refractivity contribution in [1.29, 1.82) is 0 Å². The van der Waals surface area contributed by atoms with E-state index in [-0.39, 0.29) is 0 Å². The zero-order valence-corrected chi connectivity index (χ0v) is 9.11. The summed E-state index contributed by atoms with van der Waals surface area (Å²) in [4.78, 5) is 3.95.